The van der Waals surface area contributed by atoms with E-state index in [1.165, 1.54) is 0 Å². The van der Waals surface area contributed by atoms with Crippen molar-refractivity contribution >= 4 is 0 Å². The molecule has 134 valence electrons. The molecule has 3 fully saturated rings. The summed E-state index contributed by atoms with van der Waals surface area (Å²) in [6, 6.07) is 0. The van der Waals surface area contributed by atoms with Gasteiger partial charge in [-0.15, -0.1) is 0 Å². The second-order valence-corrected chi connectivity index (χ2v) is 7.31. The van der Waals surface area contributed by atoms with E-state index in [4.69, 9.17) is 0 Å². The van der Waals surface area contributed by atoms with Crippen LogP contribution in [0.25, 0.3) is 0 Å². The highest BCUT2D eigenvalue weighted by Crippen LogP contribution is 2.40. The van der Waals surface area contributed by atoms with Gasteiger partial charge in [-0.2, -0.15) is 0 Å². The molecule has 0 amide bonds. The highest BCUT2D eigenvalue weighted by Gasteiger charge is 2.54. The molecule has 9 atom stereocenters. The van der Waals surface area contributed by atoms with Gasteiger partial charge >= 0.3 is 0 Å². The van der Waals surface area contributed by atoms with Crippen LogP contribution in [0, 0.1) is 11.8 Å². The molecule has 0 bridgehead atoms. The van der Waals surface area contributed by atoms with Crippen molar-refractivity contribution in [2.45, 2.75) is 80.6 Å². The number of ether oxygens (including phenoxy) is 1. The van der Waals surface area contributed by atoms with Crippen molar-refractivity contribution in [1.82, 2.24) is 0 Å². The maximum absolute atomic E-state index is 10.4. The lowest BCUT2D eigenvalue weighted by Crippen LogP contribution is -2.62. The minimum absolute atomic E-state index is 0.215. The monoisotopic (exact) mass is 335 g/mol. The second-order valence-electron chi connectivity index (χ2n) is 7.31. The van der Waals surface area contributed by atoms with Crippen molar-refractivity contribution in [3.05, 3.63) is 0 Å². The number of aliphatic hydroxyl groups excluding tert-OH is 7. The molecule has 0 radical (unpaired) electrons. The van der Waals surface area contributed by atoms with Crippen LogP contribution < -0.4 is 0 Å². The first-order chi connectivity index (χ1) is 10.8. The Morgan fingerprint density at radius 1 is 0.565 bits per heavy atom. The van der Waals surface area contributed by atoms with E-state index in [1.54, 1.807) is 0 Å². The van der Waals surface area contributed by atoms with Crippen LogP contribution in [0.2, 0.25) is 0 Å². The Hall–Kier alpha value is -0.320. The van der Waals surface area contributed by atoms with E-state index in [-0.39, 0.29) is 37.7 Å². The third kappa shape index (κ3) is 3.14. The van der Waals surface area contributed by atoms with Gasteiger partial charge in [0, 0.05) is 12.3 Å². The fourth-order valence-electron chi connectivity index (χ4n) is 4.44. The molecule has 8 nitrogen and oxygen atoms in total. The van der Waals surface area contributed by atoms with Gasteiger partial charge in [-0.25, -0.2) is 0 Å². The van der Waals surface area contributed by atoms with E-state index in [1.807, 2.05) is 0 Å². The zero-order valence-corrected chi connectivity index (χ0v) is 12.8. The number of rotatable bonds is 1. The van der Waals surface area contributed by atoms with Crippen LogP contribution in [-0.2, 0) is 0 Å². The third-order valence-corrected chi connectivity index (χ3v) is 5.79. The quantitative estimate of drug-likeness (QED) is 0.247. The molecule has 2 aliphatic carbocycles. The van der Waals surface area contributed by atoms with Gasteiger partial charge in [0.05, 0.1) is 30.3 Å². The minimum atomic E-state index is -1.23. The zero-order valence-electron chi connectivity index (χ0n) is 12.8. The van der Waals surface area contributed by atoms with Gasteiger partial charge in [0.2, 0.25) is 0 Å². The molecule has 1 heterocycles. The lowest BCUT2D eigenvalue weighted by atomic mass is 9.71. The Morgan fingerprint density at radius 3 is 1.74 bits per heavy atom. The first kappa shape index (κ1) is 17.5. The third-order valence-electron chi connectivity index (χ3n) is 5.79. The Balaban J connectivity index is 1.71. The van der Waals surface area contributed by atoms with E-state index in [2.05, 4.69) is 4.74 Å². The van der Waals surface area contributed by atoms with Crippen LogP contribution in [-0.4, -0.2) is 95.4 Å². The molecule has 0 spiro atoms. The molecule has 2 saturated carbocycles. The molecule has 23 heavy (non-hydrogen) atoms. The Morgan fingerprint density at radius 2 is 1.13 bits per heavy atom. The SMILES string of the molecule is OC1CC(C2[OH+]C3CC(O)C(O)C(O)C3CC2O)CC(O)C1O. The Labute approximate surface area is 134 Å². The molecular formula is C15H27O8+. The van der Waals surface area contributed by atoms with Crippen molar-refractivity contribution in [3.8, 4) is 0 Å². The number of hydrogen-bond donors (Lipinski definition) is 7. The minimum Gasteiger partial charge on any atom is -0.427 e. The van der Waals surface area contributed by atoms with Gasteiger partial charge in [0.15, 0.2) is 12.2 Å². The zero-order chi connectivity index (χ0) is 16.9. The summed E-state index contributed by atoms with van der Waals surface area (Å²) in [7, 11) is 0. The average Bonchev–Trinajstić information content (AvgIpc) is 2.50. The van der Waals surface area contributed by atoms with Crippen molar-refractivity contribution in [2.75, 3.05) is 0 Å². The topological polar surface area (TPSA) is 154 Å². The molecule has 1 aliphatic heterocycles. The number of aliphatic hydroxyl groups is 9. The molecule has 0 aromatic heterocycles. The van der Waals surface area contributed by atoms with E-state index in [0.29, 0.717) is 0 Å². The summed E-state index contributed by atoms with van der Waals surface area (Å²) in [5.41, 5.74) is 0. The smallest absolute Gasteiger partial charge is 0.184 e. The van der Waals surface area contributed by atoms with Gasteiger partial charge in [-0.1, -0.05) is 0 Å². The molecule has 8 N–H and O–H groups in total. The van der Waals surface area contributed by atoms with Crippen molar-refractivity contribution in [3.63, 3.8) is 0 Å². The molecule has 3 aliphatic rings. The van der Waals surface area contributed by atoms with Crippen LogP contribution in [0.15, 0.2) is 0 Å². The molecule has 0 aromatic carbocycles. The van der Waals surface area contributed by atoms with E-state index < -0.39 is 54.7 Å². The van der Waals surface area contributed by atoms with E-state index >= 15 is 0 Å². The lowest BCUT2D eigenvalue weighted by molar-refractivity contribution is -0.310. The molecule has 1 saturated heterocycles. The maximum Gasteiger partial charge on any atom is 0.184 e. The fraction of sp³-hybridized carbons (Fsp3) is 1.00. The second kappa shape index (κ2) is 6.53. The normalized spacial score (nSPS) is 57.8. The molecule has 9 unspecified atom stereocenters. The summed E-state index contributed by atoms with van der Waals surface area (Å²) in [6.45, 7) is 0. The van der Waals surface area contributed by atoms with Gasteiger partial charge in [0.25, 0.3) is 0 Å². The van der Waals surface area contributed by atoms with Crippen LogP contribution in [0.4, 0.5) is 0 Å². The standard InChI is InChI=1S/C15H26O8/c16-7-1-5(2-8(17)13(7)21)15-10(19)3-6-11(23-15)4-9(18)14(22)12(6)20/h5-22H,1-4H2/p+1. The first-order valence-electron chi connectivity index (χ1n) is 8.26. The summed E-state index contributed by atoms with van der Waals surface area (Å²) in [6.07, 6.45) is -7.57. The van der Waals surface area contributed by atoms with Gasteiger partial charge < -0.3 is 40.5 Å². The van der Waals surface area contributed by atoms with Crippen LogP contribution in [0.3, 0.4) is 0 Å². The van der Waals surface area contributed by atoms with Crippen LogP contribution >= 0.6 is 0 Å². The van der Waals surface area contributed by atoms with E-state index in [9.17, 15) is 35.7 Å². The van der Waals surface area contributed by atoms with E-state index in [0.717, 1.165) is 0 Å². The highest BCUT2D eigenvalue weighted by molar-refractivity contribution is 5.00. The Kier molecular flexibility index (Phi) is 4.97. The maximum atomic E-state index is 10.4. The highest BCUT2D eigenvalue weighted by atomic mass is 16.5. The van der Waals surface area contributed by atoms with Gasteiger partial charge in [0.1, 0.15) is 18.3 Å². The number of hydrogen-bond acceptors (Lipinski definition) is 7. The van der Waals surface area contributed by atoms with Crippen molar-refractivity contribution in [2.24, 2.45) is 11.8 Å². The summed E-state index contributed by atoms with van der Waals surface area (Å²) < 4.78 is 4.55. The Bertz CT molecular complexity index is 408. The predicted molar refractivity (Wildman–Crippen MR) is 77.3 cm³/mol. The fourth-order valence-corrected chi connectivity index (χ4v) is 4.44. The summed E-state index contributed by atoms with van der Waals surface area (Å²) in [5, 5.41) is 69.4. The van der Waals surface area contributed by atoms with Gasteiger partial charge in [-0.05, 0) is 19.3 Å². The summed E-state index contributed by atoms with van der Waals surface area (Å²) >= 11 is 0. The average molecular weight is 335 g/mol. The van der Waals surface area contributed by atoms with Crippen LogP contribution in [0.5, 0.6) is 0 Å². The molecule has 0 aromatic rings. The van der Waals surface area contributed by atoms with Gasteiger partial charge in [-0.3, -0.25) is 0 Å². The predicted octanol–water partition coefficient (Wildman–Crippen LogP) is -3.39. The van der Waals surface area contributed by atoms with Crippen molar-refractivity contribution < 1.29 is 40.5 Å². The first-order valence-corrected chi connectivity index (χ1v) is 8.26. The summed E-state index contributed by atoms with van der Waals surface area (Å²) in [4.78, 5) is 0. The lowest BCUT2D eigenvalue weighted by Gasteiger charge is -2.47. The molecule has 3 rings (SSSR count). The number of fused-ring (bicyclic) bond motifs is 1. The molecular weight excluding hydrogens is 308 g/mol. The molecule has 8 heteroatoms. The van der Waals surface area contributed by atoms with Crippen LogP contribution in [0.1, 0.15) is 25.7 Å². The van der Waals surface area contributed by atoms with Crippen molar-refractivity contribution in [1.29, 1.82) is 0 Å². The largest absolute Gasteiger partial charge is 0.427 e. The summed E-state index contributed by atoms with van der Waals surface area (Å²) in [5.74, 6) is -0.691.